The molecule has 1 heterocycles. The summed E-state index contributed by atoms with van der Waals surface area (Å²) in [6, 6.07) is 0. The summed E-state index contributed by atoms with van der Waals surface area (Å²) in [5, 5.41) is 12.5. The Hall–Kier alpha value is -1.95. The molecule has 1 rings (SSSR count). The summed E-state index contributed by atoms with van der Waals surface area (Å²) in [4.78, 5) is 26.7. The van der Waals surface area contributed by atoms with E-state index in [1.165, 1.54) is 0 Å². The lowest BCUT2D eigenvalue weighted by Gasteiger charge is -2.32. The van der Waals surface area contributed by atoms with E-state index in [-0.39, 0.29) is 13.0 Å². The normalized spacial score (nSPS) is 23.4. The summed E-state index contributed by atoms with van der Waals surface area (Å²) in [7, 11) is 0. The van der Waals surface area contributed by atoms with E-state index in [2.05, 4.69) is 10.0 Å². The molecule has 1 unspecified atom stereocenters. The highest BCUT2D eigenvalue weighted by molar-refractivity contribution is 5.85. The number of hydrogen-bond donors (Lipinski definition) is 1. The van der Waals surface area contributed by atoms with Crippen LogP contribution >= 0.6 is 0 Å². The zero-order valence-corrected chi connectivity index (χ0v) is 10.6. The summed E-state index contributed by atoms with van der Waals surface area (Å²) < 4.78 is 5.11. The molecule has 1 atom stereocenters. The molecule has 8 heteroatoms. The van der Waals surface area contributed by atoms with Gasteiger partial charge in [0, 0.05) is 11.5 Å². The Morgan fingerprint density at radius 2 is 2.11 bits per heavy atom. The molecule has 100 valence electrons. The second kappa shape index (κ2) is 4.73. The lowest BCUT2D eigenvalue weighted by molar-refractivity contribution is -0.149. The SMILES string of the molecule is CC(C)(C)OC(=O)N1CCCC1(N=[N+]=[N-])C(=O)O. The first kappa shape index (κ1) is 14.1. The second-order valence-corrected chi connectivity index (χ2v) is 5.05. The van der Waals surface area contributed by atoms with Crippen molar-refractivity contribution in [3.8, 4) is 0 Å². The van der Waals surface area contributed by atoms with Crippen molar-refractivity contribution >= 4 is 12.1 Å². The number of likely N-dealkylation sites (tertiary alicyclic amines) is 1. The van der Waals surface area contributed by atoms with Crippen LogP contribution in [-0.4, -0.2) is 39.9 Å². The number of amides is 1. The van der Waals surface area contributed by atoms with Gasteiger partial charge in [-0.25, -0.2) is 9.59 Å². The molecule has 0 aromatic carbocycles. The number of carboxylic acid groups (broad SMARTS) is 1. The minimum Gasteiger partial charge on any atom is -0.479 e. The van der Waals surface area contributed by atoms with E-state index in [1.807, 2.05) is 0 Å². The Labute approximate surface area is 104 Å². The number of ether oxygens (including phenoxy) is 1. The van der Waals surface area contributed by atoms with Gasteiger partial charge in [0.2, 0.25) is 5.66 Å². The first-order chi connectivity index (χ1) is 8.23. The zero-order valence-electron chi connectivity index (χ0n) is 10.6. The van der Waals surface area contributed by atoms with E-state index in [9.17, 15) is 14.7 Å². The van der Waals surface area contributed by atoms with Crippen molar-refractivity contribution in [1.29, 1.82) is 0 Å². The van der Waals surface area contributed by atoms with Crippen LogP contribution in [0.25, 0.3) is 10.4 Å². The third kappa shape index (κ3) is 2.65. The summed E-state index contributed by atoms with van der Waals surface area (Å²) in [6.07, 6.45) is -0.245. The number of rotatable bonds is 2. The third-order valence-corrected chi connectivity index (χ3v) is 2.52. The van der Waals surface area contributed by atoms with Gasteiger partial charge in [-0.15, -0.1) is 0 Å². The monoisotopic (exact) mass is 256 g/mol. The Kier molecular flexibility index (Phi) is 3.71. The number of nitrogens with zero attached hydrogens (tertiary/aromatic N) is 4. The molecule has 0 aromatic rings. The predicted molar refractivity (Wildman–Crippen MR) is 61.7 cm³/mol. The van der Waals surface area contributed by atoms with Crippen molar-refractivity contribution < 1.29 is 19.4 Å². The topological polar surface area (TPSA) is 116 Å². The van der Waals surface area contributed by atoms with Crippen molar-refractivity contribution in [1.82, 2.24) is 4.90 Å². The second-order valence-electron chi connectivity index (χ2n) is 5.05. The van der Waals surface area contributed by atoms with Crippen LogP contribution in [0, 0.1) is 0 Å². The number of aliphatic carboxylic acids is 1. The largest absolute Gasteiger partial charge is 0.479 e. The molecule has 0 spiro atoms. The van der Waals surface area contributed by atoms with Crippen molar-refractivity contribution in [3.63, 3.8) is 0 Å². The number of carboxylic acids is 1. The predicted octanol–water partition coefficient (Wildman–Crippen LogP) is 2.11. The molecular weight excluding hydrogens is 240 g/mol. The fraction of sp³-hybridized carbons (Fsp3) is 0.800. The average Bonchev–Trinajstić information content (AvgIpc) is 2.60. The maximum atomic E-state index is 11.9. The third-order valence-electron chi connectivity index (χ3n) is 2.52. The lowest BCUT2D eigenvalue weighted by atomic mass is 10.1. The van der Waals surface area contributed by atoms with Gasteiger partial charge in [0.15, 0.2) is 0 Å². The highest BCUT2D eigenvalue weighted by Crippen LogP contribution is 2.32. The quantitative estimate of drug-likeness (QED) is 0.462. The van der Waals surface area contributed by atoms with E-state index >= 15 is 0 Å². The van der Waals surface area contributed by atoms with Crippen molar-refractivity contribution in [2.45, 2.75) is 44.9 Å². The maximum absolute atomic E-state index is 11.9. The van der Waals surface area contributed by atoms with Crippen LogP contribution in [-0.2, 0) is 9.53 Å². The fourth-order valence-electron chi connectivity index (χ4n) is 1.81. The average molecular weight is 256 g/mol. The minimum absolute atomic E-state index is 0.0889. The first-order valence-electron chi connectivity index (χ1n) is 5.53. The van der Waals surface area contributed by atoms with Crippen molar-refractivity contribution in [2.75, 3.05) is 6.54 Å². The van der Waals surface area contributed by atoms with Crippen LogP contribution in [0.5, 0.6) is 0 Å². The summed E-state index contributed by atoms with van der Waals surface area (Å²) in [5.74, 6) is -1.34. The van der Waals surface area contributed by atoms with E-state index in [1.54, 1.807) is 20.8 Å². The molecule has 1 saturated heterocycles. The molecule has 8 nitrogen and oxygen atoms in total. The Bertz CT molecular complexity index is 407. The Morgan fingerprint density at radius 3 is 2.56 bits per heavy atom. The van der Waals surface area contributed by atoms with Gasteiger partial charge in [-0.05, 0) is 39.1 Å². The van der Waals surface area contributed by atoms with E-state index in [0.29, 0.717) is 6.42 Å². The molecule has 1 aliphatic heterocycles. The molecule has 1 N–H and O–H groups in total. The highest BCUT2D eigenvalue weighted by Gasteiger charge is 2.51. The summed E-state index contributed by atoms with van der Waals surface area (Å²) >= 11 is 0. The van der Waals surface area contributed by atoms with Crippen LogP contribution in [0.3, 0.4) is 0 Å². The highest BCUT2D eigenvalue weighted by atomic mass is 16.6. The molecule has 0 radical (unpaired) electrons. The zero-order chi connectivity index (χ0) is 14.0. The Morgan fingerprint density at radius 1 is 1.50 bits per heavy atom. The molecule has 0 saturated carbocycles. The Balaban J connectivity index is 3.03. The smallest absolute Gasteiger partial charge is 0.411 e. The lowest BCUT2D eigenvalue weighted by Crippen LogP contribution is -2.52. The number of hydrogen-bond acceptors (Lipinski definition) is 4. The van der Waals surface area contributed by atoms with Gasteiger partial charge < -0.3 is 9.84 Å². The van der Waals surface area contributed by atoms with E-state index in [0.717, 1.165) is 4.90 Å². The molecular formula is C10H16N4O4. The van der Waals surface area contributed by atoms with Crippen LogP contribution in [0.1, 0.15) is 33.6 Å². The molecule has 0 aliphatic carbocycles. The van der Waals surface area contributed by atoms with Gasteiger partial charge in [0.05, 0.1) is 0 Å². The standard InChI is InChI=1S/C10H16N4O4/c1-9(2,3)18-8(17)14-6-4-5-10(14,7(15)16)12-13-11/h4-6H2,1-3H3,(H,15,16). The van der Waals surface area contributed by atoms with Gasteiger partial charge in [0.1, 0.15) is 5.60 Å². The number of carbonyl (C=O) groups is 2. The van der Waals surface area contributed by atoms with Crippen LogP contribution in [0.4, 0.5) is 4.79 Å². The first-order valence-corrected chi connectivity index (χ1v) is 5.53. The van der Waals surface area contributed by atoms with Gasteiger partial charge >= 0.3 is 12.1 Å². The van der Waals surface area contributed by atoms with Gasteiger partial charge in [-0.2, -0.15) is 0 Å². The van der Waals surface area contributed by atoms with E-state index in [4.69, 9.17) is 10.3 Å². The molecule has 0 aromatic heterocycles. The molecule has 1 fully saturated rings. The van der Waals surface area contributed by atoms with Crippen molar-refractivity contribution in [2.24, 2.45) is 5.11 Å². The molecule has 1 amide bonds. The molecule has 1 aliphatic rings. The summed E-state index contributed by atoms with van der Waals surface area (Å²) in [6.45, 7) is 5.23. The van der Waals surface area contributed by atoms with Gasteiger partial charge in [-0.1, -0.05) is 5.11 Å². The number of carbonyl (C=O) groups excluding carboxylic acids is 1. The van der Waals surface area contributed by atoms with E-state index < -0.39 is 23.3 Å². The molecule has 18 heavy (non-hydrogen) atoms. The molecule has 0 bridgehead atoms. The van der Waals surface area contributed by atoms with Gasteiger partial charge in [0.25, 0.3) is 0 Å². The van der Waals surface area contributed by atoms with Gasteiger partial charge in [-0.3, -0.25) is 4.90 Å². The maximum Gasteiger partial charge on any atom is 0.411 e. The number of azide groups is 1. The van der Waals surface area contributed by atoms with Crippen LogP contribution in [0.15, 0.2) is 5.11 Å². The van der Waals surface area contributed by atoms with Crippen LogP contribution < -0.4 is 0 Å². The van der Waals surface area contributed by atoms with Crippen molar-refractivity contribution in [3.05, 3.63) is 10.4 Å². The minimum atomic E-state index is -1.86. The van der Waals surface area contributed by atoms with Crippen LogP contribution in [0.2, 0.25) is 0 Å². The summed E-state index contributed by atoms with van der Waals surface area (Å²) in [5.41, 5.74) is 5.89. The fourth-order valence-corrected chi connectivity index (χ4v) is 1.81.